The van der Waals surface area contributed by atoms with E-state index in [1.807, 2.05) is 24.0 Å². The fraction of sp³-hybridized carbons (Fsp3) is 0.778. The molecule has 1 aliphatic rings. The molecule has 0 aromatic carbocycles. The Hall–Kier alpha value is -0.410. The van der Waals surface area contributed by atoms with Crippen molar-refractivity contribution in [3.8, 4) is 0 Å². The quantitative estimate of drug-likeness (QED) is 0.643. The Balaban J connectivity index is 2.40. The van der Waals surface area contributed by atoms with Crippen molar-refractivity contribution in [2.75, 3.05) is 19.7 Å². The fourth-order valence-electron chi connectivity index (χ4n) is 1.58. The lowest BCUT2D eigenvalue weighted by molar-refractivity contribution is 0.169. The van der Waals surface area contributed by atoms with Gasteiger partial charge in [0.25, 0.3) is 0 Å². The van der Waals surface area contributed by atoms with Gasteiger partial charge >= 0.3 is 0 Å². The number of likely N-dealkylation sites (tertiary alicyclic amines) is 1. The van der Waals surface area contributed by atoms with Gasteiger partial charge in [-0.15, -0.1) is 0 Å². The molecule has 1 aliphatic heterocycles. The molecule has 0 aromatic heterocycles. The van der Waals surface area contributed by atoms with Gasteiger partial charge in [0, 0.05) is 19.1 Å². The highest BCUT2D eigenvalue weighted by Crippen LogP contribution is 2.19. The summed E-state index contributed by atoms with van der Waals surface area (Å²) in [6, 6.07) is 0.0243. The number of aliphatic hydroxyl groups is 1. The minimum atomic E-state index is -0.757. The van der Waals surface area contributed by atoms with Crippen LogP contribution >= 0.6 is 0 Å². The van der Waals surface area contributed by atoms with Gasteiger partial charge in [0.15, 0.2) is 0 Å². The van der Waals surface area contributed by atoms with E-state index in [1.165, 1.54) is 0 Å². The number of aliphatic hydroxyl groups excluding tert-OH is 1. The van der Waals surface area contributed by atoms with E-state index in [9.17, 15) is 4.39 Å². The highest BCUT2D eigenvalue weighted by Gasteiger charge is 2.30. The van der Waals surface area contributed by atoms with Crippen LogP contribution in [0.25, 0.3) is 0 Å². The van der Waals surface area contributed by atoms with E-state index >= 15 is 0 Å². The van der Waals surface area contributed by atoms with E-state index < -0.39 is 6.17 Å². The van der Waals surface area contributed by atoms with Gasteiger partial charge in [0.2, 0.25) is 0 Å². The molecule has 0 saturated carbocycles. The number of halogens is 1. The molecule has 1 fully saturated rings. The fourth-order valence-corrected chi connectivity index (χ4v) is 1.58. The first-order chi connectivity index (χ1) is 5.77. The van der Waals surface area contributed by atoms with Crippen LogP contribution in [0.15, 0.2) is 12.2 Å². The van der Waals surface area contributed by atoms with Crippen molar-refractivity contribution in [1.82, 2.24) is 4.90 Å². The molecule has 1 rings (SSSR count). The van der Waals surface area contributed by atoms with Crippen molar-refractivity contribution in [2.45, 2.75) is 25.6 Å². The van der Waals surface area contributed by atoms with E-state index in [4.69, 9.17) is 5.11 Å². The molecule has 0 aliphatic carbocycles. The highest BCUT2D eigenvalue weighted by molar-refractivity contribution is 4.90. The Morgan fingerprint density at radius 2 is 2.42 bits per heavy atom. The molecule has 1 saturated heterocycles. The zero-order chi connectivity index (χ0) is 8.97. The second-order valence-corrected chi connectivity index (χ2v) is 3.19. The molecule has 0 bridgehead atoms. The van der Waals surface area contributed by atoms with E-state index in [1.54, 1.807) is 0 Å². The average Bonchev–Trinajstić information content (AvgIpc) is 2.42. The molecule has 0 amide bonds. The number of hydrogen-bond acceptors (Lipinski definition) is 2. The summed E-state index contributed by atoms with van der Waals surface area (Å²) in [7, 11) is 0. The molecule has 1 N–H and O–H groups in total. The topological polar surface area (TPSA) is 23.5 Å². The standard InChI is InChI=1S/C9H16FNO/c1-2-3-4-11-6-8(10)5-9(11)7-12/h2-3,8-9,12H,4-7H2,1H3/b3-2+. The first kappa shape index (κ1) is 9.68. The normalized spacial score (nSPS) is 31.9. The van der Waals surface area contributed by atoms with Crippen LogP contribution in [0.4, 0.5) is 4.39 Å². The maximum atomic E-state index is 12.9. The summed E-state index contributed by atoms with van der Waals surface area (Å²) in [6.45, 7) is 3.23. The number of alkyl halides is 1. The van der Waals surface area contributed by atoms with Gasteiger partial charge in [-0.25, -0.2) is 4.39 Å². The molecular formula is C9H16FNO. The molecule has 2 unspecified atom stereocenters. The van der Waals surface area contributed by atoms with Crippen LogP contribution in [-0.2, 0) is 0 Å². The third-order valence-corrected chi connectivity index (χ3v) is 2.26. The first-order valence-electron chi connectivity index (χ1n) is 4.38. The predicted molar refractivity (Wildman–Crippen MR) is 46.8 cm³/mol. The summed E-state index contributed by atoms with van der Waals surface area (Å²) in [6.07, 6.45) is 3.65. The molecule has 2 nitrogen and oxygen atoms in total. The molecule has 12 heavy (non-hydrogen) atoms. The van der Waals surface area contributed by atoms with Gasteiger partial charge in [-0.05, 0) is 13.3 Å². The molecule has 2 atom stereocenters. The van der Waals surface area contributed by atoms with Gasteiger partial charge in [0.1, 0.15) is 6.17 Å². The van der Waals surface area contributed by atoms with Crippen molar-refractivity contribution in [1.29, 1.82) is 0 Å². The van der Waals surface area contributed by atoms with Gasteiger partial charge in [-0.1, -0.05) is 12.2 Å². The minimum Gasteiger partial charge on any atom is -0.395 e. The van der Waals surface area contributed by atoms with Gasteiger partial charge < -0.3 is 5.11 Å². The van der Waals surface area contributed by atoms with E-state index in [0.717, 1.165) is 6.54 Å². The summed E-state index contributed by atoms with van der Waals surface area (Å²) in [5.41, 5.74) is 0. The average molecular weight is 173 g/mol. The van der Waals surface area contributed by atoms with Crippen molar-refractivity contribution in [3.63, 3.8) is 0 Å². The molecule has 0 aromatic rings. The first-order valence-corrected chi connectivity index (χ1v) is 4.38. The lowest BCUT2D eigenvalue weighted by Gasteiger charge is -2.19. The van der Waals surface area contributed by atoms with Gasteiger partial charge in [-0.2, -0.15) is 0 Å². The summed E-state index contributed by atoms with van der Waals surface area (Å²) in [5, 5.41) is 8.92. The van der Waals surface area contributed by atoms with Crippen LogP contribution in [0, 0.1) is 0 Å². The number of rotatable bonds is 3. The van der Waals surface area contributed by atoms with Crippen molar-refractivity contribution >= 4 is 0 Å². The van der Waals surface area contributed by atoms with E-state index in [2.05, 4.69) is 0 Å². The smallest absolute Gasteiger partial charge is 0.114 e. The Morgan fingerprint density at radius 1 is 1.67 bits per heavy atom. The Morgan fingerprint density at radius 3 is 3.00 bits per heavy atom. The van der Waals surface area contributed by atoms with Crippen molar-refractivity contribution in [3.05, 3.63) is 12.2 Å². The SMILES string of the molecule is C/C=C/CN1CC(F)CC1CO. The Kier molecular flexibility index (Phi) is 3.69. The van der Waals surface area contributed by atoms with Crippen LogP contribution in [-0.4, -0.2) is 41.9 Å². The number of allylic oxidation sites excluding steroid dienone is 1. The third-order valence-electron chi connectivity index (χ3n) is 2.26. The third kappa shape index (κ3) is 2.29. The number of nitrogens with zero attached hydrogens (tertiary/aromatic N) is 1. The molecular weight excluding hydrogens is 157 g/mol. The highest BCUT2D eigenvalue weighted by atomic mass is 19.1. The predicted octanol–water partition coefficient (Wildman–Crippen LogP) is 0.967. The van der Waals surface area contributed by atoms with Crippen LogP contribution < -0.4 is 0 Å². The van der Waals surface area contributed by atoms with Crippen LogP contribution in [0.1, 0.15) is 13.3 Å². The van der Waals surface area contributed by atoms with E-state index in [0.29, 0.717) is 13.0 Å². The lowest BCUT2D eigenvalue weighted by Crippen LogP contribution is -2.32. The van der Waals surface area contributed by atoms with E-state index in [-0.39, 0.29) is 12.6 Å². The monoisotopic (exact) mass is 173 g/mol. The zero-order valence-electron chi connectivity index (χ0n) is 7.41. The second kappa shape index (κ2) is 4.58. The molecule has 0 radical (unpaired) electrons. The maximum absolute atomic E-state index is 12.9. The molecule has 3 heteroatoms. The summed E-state index contributed by atoms with van der Waals surface area (Å²) >= 11 is 0. The van der Waals surface area contributed by atoms with Gasteiger partial charge in [0.05, 0.1) is 6.61 Å². The van der Waals surface area contributed by atoms with Crippen molar-refractivity contribution < 1.29 is 9.50 Å². The summed E-state index contributed by atoms with van der Waals surface area (Å²) in [4.78, 5) is 1.98. The Bertz CT molecular complexity index is 161. The second-order valence-electron chi connectivity index (χ2n) is 3.19. The molecule has 1 heterocycles. The lowest BCUT2D eigenvalue weighted by atomic mass is 10.2. The Labute approximate surface area is 72.7 Å². The molecule has 0 spiro atoms. The van der Waals surface area contributed by atoms with Crippen LogP contribution in [0.3, 0.4) is 0 Å². The largest absolute Gasteiger partial charge is 0.395 e. The van der Waals surface area contributed by atoms with Crippen molar-refractivity contribution in [2.24, 2.45) is 0 Å². The minimum absolute atomic E-state index is 0.0243. The van der Waals surface area contributed by atoms with Crippen LogP contribution in [0.5, 0.6) is 0 Å². The van der Waals surface area contributed by atoms with Gasteiger partial charge in [-0.3, -0.25) is 4.90 Å². The maximum Gasteiger partial charge on any atom is 0.114 e. The van der Waals surface area contributed by atoms with Crippen LogP contribution in [0.2, 0.25) is 0 Å². The summed E-state index contributed by atoms with van der Waals surface area (Å²) < 4.78 is 12.9. The number of hydrogen-bond donors (Lipinski definition) is 1. The zero-order valence-corrected chi connectivity index (χ0v) is 7.41. The summed E-state index contributed by atoms with van der Waals surface area (Å²) in [5.74, 6) is 0. The molecule has 70 valence electrons.